The highest BCUT2D eigenvalue weighted by atomic mass is 32.2. The summed E-state index contributed by atoms with van der Waals surface area (Å²) in [6.07, 6.45) is 4.41. The SMILES string of the molecule is CC1(C)CC(=S)C=C(SCc2ccccc2)C1. The molecule has 0 aliphatic heterocycles. The minimum Gasteiger partial charge on any atom is -0.126 e. The van der Waals surface area contributed by atoms with E-state index in [1.807, 2.05) is 11.8 Å². The molecule has 1 aliphatic rings. The van der Waals surface area contributed by atoms with Gasteiger partial charge in [-0.25, -0.2) is 0 Å². The van der Waals surface area contributed by atoms with Crippen LogP contribution in [0.5, 0.6) is 0 Å². The molecule has 1 aromatic rings. The standard InChI is InChI=1S/C15H18S2/c1-15(2)9-13(16)8-14(10-15)17-11-12-6-4-3-5-7-12/h3-8H,9-11H2,1-2H3. The molecule has 17 heavy (non-hydrogen) atoms. The first-order valence-corrected chi connectivity index (χ1v) is 7.35. The van der Waals surface area contributed by atoms with E-state index in [1.54, 1.807) is 0 Å². The highest BCUT2D eigenvalue weighted by Gasteiger charge is 2.25. The van der Waals surface area contributed by atoms with Gasteiger partial charge in [-0.1, -0.05) is 56.4 Å². The molecular formula is C15H18S2. The molecule has 1 aliphatic carbocycles. The summed E-state index contributed by atoms with van der Waals surface area (Å²) in [5.74, 6) is 1.05. The summed E-state index contributed by atoms with van der Waals surface area (Å²) in [6, 6.07) is 10.6. The van der Waals surface area contributed by atoms with E-state index in [9.17, 15) is 0 Å². The molecule has 0 saturated heterocycles. The maximum absolute atomic E-state index is 5.37. The predicted molar refractivity (Wildman–Crippen MR) is 81.4 cm³/mol. The number of thioether (sulfide) groups is 1. The first kappa shape index (κ1) is 12.8. The molecule has 0 unspecified atom stereocenters. The lowest BCUT2D eigenvalue weighted by atomic mass is 9.81. The number of hydrogen-bond donors (Lipinski definition) is 0. The zero-order valence-electron chi connectivity index (χ0n) is 10.4. The van der Waals surface area contributed by atoms with Gasteiger partial charge < -0.3 is 0 Å². The Balaban J connectivity index is 1.98. The Morgan fingerprint density at radius 2 is 1.88 bits per heavy atom. The number of benzene rings is 1. The molecule has 0 aromatic heterocycles. The zero-order valence-corrected chi connectivity index (χ0v) is 12.0. The Bertz CT molecular complexity index is 429. The van der Waals surface area contributed by atoms with Gasteiger partial charge in [0.15, 0.2) is 0 Å². The van der Waals surface area contributed by atoms with Crippen molar-refractivity contribution in [3.8, 4) is 0 Å². The predicted octanol–water partition coefficient (Wildman–Crippen LogP) is 4.99. The minimum atomic E-state index is 0.338. The van der Waals surface area contributed by atoms with Crippen LogP contribution < -0.4 is 0 Å². The second-order valence-electron chi connectivity index (χ2n) is 5.37. The van der Waals surface area contributed by atoms with E-state index >= 15 is 0 Å². The number of thiocarbonyl (C=S) groups is 1. The van der Waals surface area contributed by atoms with Crippen LogP contribution in [-0.4, -0.2) is 4.86 Å². The van der Waals surface area contributed by atoms with Crippen molar-refractivity contribution in [2.75, 3.05) is 0 Å². The largest absolute Gasteiger partial charge is 0.126 e. The van der Waals surface area contributed by atoms with Crippen molar-refractivity contribution in [1.82, 2.24) is 0 Å². The molecule has 2 heteroatoms. The van der Waals surface area contributed by atoms with Gasteiger partial charge in [0.05, 0.1) is 0 Å². The Morgan fingerprint density at radius 1 is 1.18 bits per heavy atom. The van der Waals surface area contributed by atoms with Crippen LogP contribution in [0.3, 0.4) is 0 Å². The fourth-order valence-electron chi connectivity index (χ4n) is 2.13. The summed E-state index contributed by atoms with van der Waals surface area (Å²) in [4.78, 5) is 2.55. The average Bonchev–Trinajstić information content (AvgIpc) is 2.25. The lowest BCUT2D eigenvalue weighted by Gasteiger charge is -2.29. The summed E-state index contributed by atoms with van der Waals surface area (Å²) in [6.45, 7) is 4.60. The van der Waals surface area contributed by atoms with Crippen LogP contribution in [0, 0.1) is 5.41 Å². The number of rotatable bonds is 3. The van der Waals surface area contributed by atoms with E-state index in [-0.39, 0.29) is 0 Å². The monoisotopic (exact) mass is 262 g/mol. The topological polar surface area (TPSA) is 0 Å². The molecular weight excluding hydrogens is 244 g/mol. The first-order chi connectivity index (χ1) is 8.05. The van der Waals surface area contributed by atoms with Crippen molar-refractivity contribution in [3.05, 3.63) is 46.9 Å². The lowest BCUT2D eigenvalue weighted by molar-refractivity contribution is 0.383. The zero-order chi connectivity index (χ0) is 12.3. The molecule has 0 saturated carbocycles. The number of hydrogen-bond acceptors (Lipinski definition) is 2. The van der Waals surface area contributed by atoms with E-state index in [1.165, 1.54) is 10.5 Å². The van der Waals surface area contributed by atoms with Crippen molar-refractivity contribution >= 4 is 28.8 Å². The second-order valence-corrected chi connectivity index (χ2v) is 7.00. The Labute approximate surface area is 114 Å². The second kappa shape index (κ2) is 5.36. The van der Waals surface area contributed by atoms with E-state index in [0.29, 0.717) is 5.41 Å². The van der Waals surface area contributed by atoms with E-state index < -0.39 is 0 Å². The summed E-state index contributed by atoms with van der Waals surface area (Å²) in [5.41, 5.74) is 1.72. The van der Waals surface area contributed by atoms with Crippen molar-refractivity contribution in [1.29, 1.82) is 0 Å². The summed E-state index contributed by atoms with van der Waals surface area (Å²) >= 11 is 7.30. The van der Waals surface area contributed by atoms with Gasteiger partial charge >= 0.3 is 0 Å². The smallest absolute Gasteiger partial charge is 0.0228 e. The first-order valence-electron chi connectivity index (χ1n) is 5.95. The molecule has 0 nitrogen and oxygen atoms in total. The van der Waals surface area contributed by atoms with Gasteiger partial charge in [-0.2, -0.15) is 0 Å². The third-order valence-electron chi connectivity index (χ3n) is 2.89. The van der Waals surface area contributed by atoms with Gasteiger partial charge in [-0.05, 0) is 34.8 Å². The fourth-order valence-corrected chi connectivity index (χ4v) is 4.00. The Hall–Kier alpha value is -0.600. The summed E-state index contributed by atoms with van der Waals surface area (Å²) < 4.78 is 0. The van der Waals surface area contributed by atoms with E-state index in [2.05, 4.69) is 50.3 Å². The molecule has 0 radical (unpaired) electrons. The molecule has 2 rings (SSSR count). The molecule has 0 spiro atoms. The quantitative estimate of drug-likeness (QED) is 0.704. The Kier molecular flexibility index (Phi) is 4.05. The molecule has 0 fully saturated rings. The van der Waals surface area contributed by atoms with Crippen LogP contribution in [0.25, 0.3) is 0 Å². The van der Waals surface area contributed by atoms with Crippen LogP contribution in [0.4, 0.5) is 0 Å². The van der Waals surface area contributed by atoms with Crippen molar-refractivity contribution in [2.45, 2.75) is 32.4 Å². The van der Waals surface area contributed by atoms with Crippen LogP contribution in [0.1, 0.15) is 32.3 Å². The molecule has 0 atom stereocenters. The third-order valence-corrected chi connectivity index (χ3v) is 4.27. The van der Waals surface area contributed by atoms with Gasteiger partial charge in [-0.3, -0.25) is 0 Å². The normalized spacial score (nSPS) is 18.9. The maximum Gasteiger partial charge on any atom is 0.0228 e. The number of allylic oxidation sites excluding steroid dienone is 2. The molecule has 90 valence electrons. The van der Waals surface area contributed by atoms with E-state index in [0.717, 1.165) is 23.5 Å². The minimum absolute atomic E-state index is 0.338. The molecule has 0 bridgehead atoms. The van der Waals surface area contributed by atoms with Crippen LogP contribution in [-0.2, 0) is 5.75 Å². The maximum atomic E-state index is 5.37. The highest BCUT2D eigenvalue weighted by Crippen LogP contribution is 2.39. The van der Waals surface area contributed by atoms with Gasteiger partial charge in [-0.15, -0.1) is 11.8 Å². The molecule has 1 aromatic carbocycles. The molecule has 0 amide bonds. The highest BCUT2D eigenvalue weighted by molar-refractivity contribution is 8.02. The molecule has 0 N–H and O–H groups in total. The lowest BCUT2D eigenvalue weighted by Crippen LogP contribution is -2.20. The van der Waals surface area contributed by atoms with E-state index in [4.69, 9.17) is 12.2 Å². The third kappa shape index (κ3) is 3.97. The Morgan fingerprint density at radius 3 is 2.53 bits per heavy atom. The van der Waals surface area contributed by atoms with Crippen molar-refractivity contribution < 1.29 is 0 Å². The van der Waals surface area contributed by atoms with Gasteiger partial charge in [0.25, 0.3) is 0 Å². The fraction of sp³-hybridized carbons (Fsp3) is 0.400. The van der Waals surface area contributed by atoms with Crippen LogP contribution in [0.2, 0.25) is 0 Å². The van der Waals surface area contributed by atoms with Gasteiger partial charge in [0.2, 0.25) is 0 Å². The van der Waals surface area contributed by atoms with Crippen LogP contribution in [0.15, 0.2) is 41.3 Å². The van der Waals surface area contributed by atoms with Gasteiger partial charge in [0, 0.05) is 10.6 Å². The average molecular weight is 262 g/mol. The van der Waals surface area contributed by atoms with Crippen molar-refractivity contribution in [2.24, 2.45) is 5.41 Å². The molecule has 0 heterocycles. The van der Waals surface area contributed by atoms with Gasteiger partial charge in [0.1, 0.15) is 0 Å². The summed E-state index contributed by atoms with van der Waals surface area (Å²) in [7, 11) is 0. The van der Waals surface area contributed by atoms with Crippen LogP contribution >= 0.6 is 24.0 Å². The van der Waals surface area contributed by atoms with Crippen molar-refractivity contribution in [3.63, 3.8) is 0 Å². The summed E-state index contributed by atoms with van der Waals surface area (Å²) in [5, 5.41) is 0.